The number of ether oxygens (including phenoxy) is 2. The molecule has 114 valence electrons. The number of aliphatic hydroxyl groups is 1. The first-order valence-corrected chi connectivity index (χ1v) is 7.07. The van der Waals surface area contributed by atoms with E-state index in [4.69, 9.17) is 21.1 Å². The quantitative estimate of drug-likeness (QED) is 0.860. The Hall–Kier alpha value is -1.21. The zero-order valence-corrected chi connectivity index (χ0v) is 11.8. The highest BCUT2D eigenvalue weighted by Crippen LogP contribution is 2.27. The van der Waals surface area contributed by atoms with Crippen molar-refractivity contribution in [1.82, 2.24) is 5.32 Å². The van der Waals surface area contributed by atoms with E-state index >= 15 is 0 Å². The first-order chi connectivity index (χ1) is 10.1. The van der Waals surface area contributed by atoms with E-state index < -0.39 is 18.0 Å². The average molecular weight is 316 g/mol. The molecular weight excluding hydrogens is 301 g/mol. The van der Waals surface area contributed by atoms with Gasteiger partial charge in [0.25, 0.3) is 0 Å². The van der Waals surface area contributed by atoms with Gasteiger partial charge in [-0.05, 0) is 12.1 Å². The van der Waals surface area contributed by atoms with E-state index in [1.807, 2.05) is 0 Å². The Morgan fingerprint density at radius 2 is 2.14 bits per heavy atom. The van der Waals surface area contributed by atoms with Crippen LogP contribution in [0.25, 0.3) is 0 Å². The Kier molecular flexibility index (Phi) is 4.12. The van der Waals surface area contributed by atoms with Crippen LogP contribution in [-0.2, 0) is 20.7 Å². The lowest BCUT2D eigenvalue weighted by atomic mass is 10.1. The minimum Gasteiger partial charge on any atom is -0.388 e. The number of nitrogens with one attached hydrogen (secondary N) is 1. The number of halogens is 2. The molecule has 7 heteroatoms. The van der Waals surface area contributed by atoms with Crippen LogP contribution in [0.3, 0.4) is 0 Å². The van der Waals surface area contributed by atoms with E-state index in [2.05, 4.69) is 5.32 Å². The molecule has 0 aliphatic carbocycles. The smallest absolute Gasteiger partial charge is 0.224 e. The molecule has 2 fully saturated rings. The second kappa shape index (κ2) is 5.88. The number of carbonyl (C=O) groups is 1. The molecule has 2 N–H and O–H groups in total. The van der Waals surface area contributed by atoms with Crippen LogP contribution in [0.4, 0.5) is 4.39 Å². The largest absolute Gasteiger partial charge is 0.388 e. The van der Waals surface area contributed by atoms with Gasteiger partial charge in [-0.3, -0.25) is 4.79 Å². The maximum Gasteiger partial charge on any atom is 0.224 e. The number of carbonyl (C=O) groups excluding carboxylic acids is 1. The monoisotopic (exact) mass is 315 g/mol. The van der Waals surface area contributed by atoms with Gasteiger partial charge in [0.2, 0.25) is 5.91 Å². The fourth-order valence-electron chi connectivity index (χ4n) is 2.72. The molecule has 1 amide bonds. The summed E-state index contributed by atoms with van der Waals surface area (Å²) < 4.78 is 24.5. The van der Waals surface area contributed by atoms with Gasteiger partial charge in [-0.1, -0.05) is 17.7 Å². The van der Waals surface area contributed by atoms with Crippen LogP contribution in [0.5, 0.6) is 0 Å². The summed E-state index contributed by atoms with van der Waals surface area (Å²) in [4.78, 5) is 12.0. The lowest BCUT2D eigenvalue weighted by Gasteiger charge is -2.17. The highest BCUT2D eigenvalue weighted by molar-refractivity contribution is 6.31. The van der Waals surface area contributed by atoms with Crippen LogP contribution >= 0.6 is 11.6 Å². The fraction of sp³-hybridized carbons (Fsp3) is 0.500. The van der Waals surface area contributed by atoms with Crippen molar-refractivity contribution in [3.05, 3.63) is 34.6 Å². The van der Waals surface area contributed by atoms with Crippen molar-refractivity contribution in [3.8, 4) is 0 Å². The number of aliphatic hydroxyl groups excluding tert-OH is 1. The molecule has 2 aliphatic rings. The molecule has 1 aromatic rings. The van der Waals surface area contributed by atoms with Crippen molar-refractivity contribution >= 4 is 17.5 Å². The first-order valence-electron chi connectivity index (χ1n) is 6.70. The highest BCUT2D eigenvalue weighted by Gasteiger charge is 2.47. The molecular formula is C14H15ClFNO4. The third kappa shape index (κ3) is 2.89. The van der Waals surface area contributed by atoms with Crippen molar-refractivity contribution in [2.24, 2.45) is 0 Å². The number of fused-ring (bicyclic) bond motifs is 1. The minimum atomic E-state index is -0.669. The third-order valence-corrected chi connectivity index (χ3v) is 4.13. The maximum absolute atomic E-state index is 13.6. The molecule has 2 aliphatic heterocycles. The summed E-state index contributed by atoms with van der Waals surface area (Å²) in [5, 5.41) is 12.6. The number of benzene rings is 1. The van der Waals surface area contributed by atoms with Crippen molar-refractivity contribution in [2.75, 3.05) is 13.2 Å². The van der Waals surface area contributed by atoms with Gasteiger partial charge >= 0.3 is 0 Å². The molecule has 0 aromatic heterocycles. The molecule has 0 saturated carbocycles. The molecule has 0 bridgehead atoms. The summed E-state index contributed by atoms with van der Waals surface area (Å²) in [6.45, 7) is 0.462. The molecule has 5 nitrogen and oxygen atoms in total. The Morgan fingerprint density at radius 1 is 1.38 bits per heavy atom. The van der Waals surface area contributed by atoms with Crippen molar-refractivity contribution < 1.29 is 23.8 Å². The summed E-state index contributed by atoms with van der Waals surface area (Å²) in [5.41, 5.74) is 0.166. The van der Waals surface area contributed by atoms with E-state index in [9.17, 15) is 14.3 Å². The van der Waals surface area contributed by atoms with Crippen molar-refractivity contribution in [2.45, 2.75) is 30.8 Å². The predicted octanol–water partition coefficient (Wildman–Crippen LogP) is 0.665. The molecule has 1 aromatic carbocycles. The zero-order chi connectivity index (χ0) is 15.0. The van der Waals surface area contributed by atoms with Crippen molar-refractivity contribution in [3.63, 3.8) is 0 Å². The second-order valence-corrected chi connectivity index (χ2v) is 5.62. The summed E-state index contributed by atoms with van der Waals surface area (Å²) in [5.74, 6) is -0.869. The summed E-state index contributed by atoms with van der Waals surface area (Å²) in [6.07, 6.45) is -1.59. The van der Waals surface area contributed by atoms with E-state index in [1.165, 1.54) is 12.1 Å². The summed E-state index contributed by atoms with van der Waals surface area (Å²) >= 11 is 5.90. The lowest BCUT2D eigenvalue weighted by molar-refractivity contribution is -0.121. The number of hydrogen-bond acceptors (Lipinski definition) is 4. The molecule has 0 radical (unpaired) electrons. The lowest BCUT2D eigenvalue weighted by Crippen LogP contribution is -2.44. The fourth-order valence-corrected chi connectivity index (χ4v) is 2.95. The number of rotatable bonds is 3. The minimum absolute atomic E-state index is 0.151. The van der Waals surface area contributed by atoms with Gasteiger partial charge in [-0.15, -0.1) is 0 Å². The van der Waals surface area contributed by atoms with E-state index in [1.54, 1.807) is 6.07 Å². The van der Waals surface area contributed by atoms with Crippen LogP contribution in [0, 0.1) is 5.82 Å². The van der Waals surface area contributed by atoms with Gasteiger partial charge in [0, 0.05) is 10.6 Å². The average Bonchev–Trinajstić information content (AvgIpc) is 2.99. The third-order valence-electron chi connectivity index (χ3n) is 3.77. The Balaban J connectivity index is 1.63. The van der Waals surface area contributed by atoms with Crippen LogP contribution in [0.2, 0.25) is 5.02 Å². The number of hydrogen-bond donors (Lipinski definition) is 2. The van der Waals surface area contributed by atoms with Gasteiger partial charge in [-0.25, -0.2) is 4.39 Å². The highest BCUT2D eigenvalue weighted by atomic mass is 35.5. The van der Waals surface area contributed by atoms with Gasteiger partial charge < -0.3 is 19.9 Å². The van der Waals surface area contributed by atoms with Crippen LogP contribution < -0.4 is 5.32 Å². The molecule has 2 saturated heterocycles. The van der Waals surface area contributed by atoms with Gasteiger partial charge in [0.15, 0.2) is 0 Å². The van der Waals surface area contributed by atoms with Crippen LogP contribution in [0.1, 0.15) is 5.56 Å². The Bertz CT molecular complexity index is 536. The molecule has 4 atom stereocenters. The topological polar surface area (TPSA) is 67.8 Å². The van der Waals surface area contributed by atoms with Crippen molar-refractivity contribution in [1.29, 1.82) is 0 Å². The van der Waals surface area contributed by atoms with E-state index in [0.717, 1.165) is 0 Å². The van der Waals surface area contributed by atoms with Crippen LogP contribution in [-0.4, -0.2) is 48.6 Å². The van der Waals surface area contributed by atoms with Gasteiger partial charge in [0.05, 0.1) is 25.7 Å². The summed E-state index contributed by atoms with van der Waals surface area (Å²) in [7, 11) is 0. The Labute approximate surface area is 126 Å². The summed E-state index contributed by atoms with van der Waals surface area (Å²) in [6, 6.07) is 3.95. The van der Waals surface area contributed by atoms with Crippen LogP contribution in [0.15, 0.2) is 18.2 Å². The van der Waals surface area contributed by atoms with Gasteiger partial charge in [-0.2, -0.15) is 0 Å². The normalized spacial score (nSPS) is 31.2. The first kappa shape index (κ1) is 14.7. The molecule has 0 spiro atoms. The van der Waals surface area contributed by atoms with E-state index in [-0.39, 0.29) is 48.3 Å². The SMILES string of the molecule is O=C(Cc1c(F)cccc1Cl)N[C@H]1CO[C@H]2[C@@H]1OC[C@H]2O. The second-order valence-electron chi connectivity index (χ2n) is 5.21. The Morgan fingerprint density at radius 3 is 2.90 bits per heavy atom. The molecule has 0 unspecified atom stereocenters. The maximum atomic E-state index is 13.6. The number of amides is 1. The predicted molar refractivity (Wildman–Crippen MR) is 72.5 cm³/mol. The zero-order valence-electron chi connectivity index (χ0n) is 11.1. The molecule has 2 heterocycles. The van der Waals surface area contributed by atoms with E-state index in [0.29, 0.717) is 0 Å². The standard InChI is InChI=1S/C14H15ClFNO4/c15-8-2-1-3-9(16)7(8)4-12(19)17-10-5-20-14-11(18)6-21-13(10)14/h1-3,10-11,13-14,18H,4-6H2,(H,17,19)/t10-,11+,13+,14+/m0/s1. The van der Waals surface area contributed by atoms with Gasteiger partial charge in [0.1, 0.15) is 24.1 Å². The molecule has 3 rings (SSSR count). The molecule has 21 heavy (non-hydrogen) atoms.